The zero-order chi connectivity index (χ0) is 14.7. The van der Waals surface area contributed by atoms with Crippen LogP contribution in [0.2, 0.25) is 0 Å². The van der Waals surface area contributed by atoms with Crippen LogP contribution in [0.25, 0.3) is 10.2 Å². The van der Waals surface area contributed by atoms with Crippen molar-refractivity contribution in [2.75, 3.05) is 0 Å². The van der Waals surface area contributed by atoms with Gasteiger partial charge in [-0.2, -0.15) is 5.26 Å². The van der Waals surface area contributed by atoms with Gasteiger partial charge in [0.15, 0.2) is 4.34 Å². The number of carbonyl (C=O) groups is 2. The Labute approximate surface area is 121 Å². The fourth-order valence-electron chi connectivity index (χ4n) is 1.49. The van der Waals surface area contributed by atoms with Crippen LogP contribution in [-0.4, -0.2) is 32.4 Å². The molecule has 8 heteroatoms. The van der Waals surface area contributed by atoms with Crippen molar-refractivity contribution in [3.8, 4) is 6.07 Å². The Bertz CT molecular complexity index is 720. The normalized spacial score (nSPS) is 11.9. The van der Waals surface area contributed by atoms with E-state index in [0.717, 1.165) is 16.5 Å². The molecule has 0 fully saturated rings. The van der Waals surface area contributed by atoms with Gasteiger partial charge in [0.1, 0.15) is 5.25 Å². The molecule has 0 aliphatic carbocycles. The second-order valence-electron chi connectivity index (χ2n) is 3.82. The molecule has 20 heavy (non-hydrogen) atoms. The number of thioether (sulfide) groups is 1. The number of hydrogen-bond acceptors (Lipinski definition) is 6. The lowest BCUT2D eigenvalue weighted by atomic mass is 10.2. The summed E-state index contributed by atoms with van der Waals surface area (Å²) in [6, 6.07) is 7.01. The lowest BCUT2D eigenvalue weighted by Crippen LogP contribution is -2.20. The first kappa shape index (κ1) is 14.3. The second-order valence-corrected chi connectivity index (χ2v) is 6.30. The van der Waals surface area contributed by atoms with Crippen molar-refractivity contribution in [1.29, 1.82) is 5.26 Å². The van der Waals surface area contributed by atoms with Crippen molar-refractivity contribution in [2.45, 2.75) is 16.0 Å². The first-order valence-electron chi connectivity index (χ1n) is 5.41. The van der Waals surface area contributed by atoms with Crippen LogP contribution in [-0.2, 0) is 9.59 Å². The van der Waals surface area contributed by atoms with Crippen molar-refractivity contribution in [3.05, 3.63) is 23.8 Å². The SMILES string of the molecule is N#Cc1ccc2sc(SC(CC(=O)O)C(=O)O)nc2c1. The molecular formula is C12H8N2O4S2. The van der Waals surface area contributed by atoms with Gasteiger partial charge in [0.2, 0.25) is 0 Å². The highest BCUT2D eigenvalue weighted by molar-refractivity contribution is 8.02. The Balaban J connectivity index is 2.26. The molecule has 1 atom stereocenters. The average Bonchev–Trinajstić information content (AvgIpc) is 2.78. The molecule has 0 radical (unpaired) electrons. The summed E-state index contributed by atoms with van der Waals surface area (Å²) in [4.78, 5) is 25.9. The van der Waals surface area contributed by atoms with E-state index in [4.69, 9.17) is 15.5 Å². The van der Waals surface area contributed by atoms with Crippen LogP contribution in [0.5, 0.6) is 0 Å². The smallest absolute Gasteiger partial charge is 0.317 e. The van der Waals surface area contributed by atoms with Gasteiger partial charge in [-0.25, -0.2) is 4.98 Å². The fraction of sp³-hybridized carbons (Fsp3) is 0.167. The number of aliphatic carboxylic acids is 2. The monoisotopic (exact) mass is 308 g/mol. The lowest BCUT2D eigenvalue weighted by molar-refractivity contribution is -0.142. The van der Waals surface area contributed by atoms with Crippen molar-refractivity contribution < 1.29 is 19.8 Å². The summed E-state index contributed by atoms with van der Waals surface area (Å²) in [6.45, 7) is 0. The van der Waals surface area contributed by atoms with Crippen LogP contribution >= 0.6 is 23.1 Å². The maximum Gasteiger partial charge on any atom is 0.317 e. The lowest BCUT2D eigenvalue weighted by Gasteiger charge is -2.06. The van der Waals surface area contributed by atoms with Gasteiger partial charge in [0.25, 0.3) is 0 Å². The van der Waals surface area contributed by atoms with E-state index in [2.05, 4.69) is 4.98 Å². The first-order chi connectivity index (χ1) is 9.49. The van der Waals surface area contributed by atoms with Gasteiger partial charge in [0, 0.05) is 0 Å². The quantitative estimate of drug-likeness (QED) is 0.814. The van der Waals surface area contributed by atoms with Gasteiger partial charge in [0.05, 0.1) is 28.3 Å². The molecule has 0 aliphatic rings. The minimum Gasteiger partial charge on any atom is -0.481 e. The Hall–Kier alpha value is -2.11. The van der Waals surface area contributed by atoms with Crippen molar-refractivity contribution >= 4 is 45.3 Å². The van der Waals surface area contributed by atoms with Gasteiger partial charge < -0.3 is 10.2 Å². The molecule has 1 heterocycles. The van der Waals surface area contributed by atoms with E-state index in [1.165, 1.54) is 11.3 Å². The van der Waals surface area contributed by atoms with Crippen LogP contribution in [0.3, 0.4) is 0 Å². The zero-order valence-electron chi connectivity index (χ0n) is 9.94. The predicted octanol–water partition coefficient (Wildman–Crippen LogP) is 2.19. The van der Waals surface area contributed by atoms with E-state index in [0.29, 0.717) is 15.4 Å². The Morgan fingerprint density at radius 2 is 2.20 bits per heavy atom. The molecule has 0 aliphatic heterocycles. The van der Waals surface area contributed by atoms with Gasteiger partial charge in [-0.3, -0.25) is 9.59 Å². The minimum absolute atomic E-state index is 0.472. The number of hydrogen-bond donors (Lipinski definition) is 2. The van der Waals surface area contributed by atoms with E-state index < -0.39 is 23.6 Å². The third-order valence-corrected chi connectivity index (χ3v) is 4.69. The topological polar surface area (TPSA) is 111 Å². The molecule has 0 bridgehead atoms. The molecule has 102 valence electrons. The van der Waals surface area contributed by atoms with Gasteiger partial charge in [-0.05, 0) is 18.2 Å². The van der Waals surface area contributed by atoms with E-state index in [-0.39, 0.29) is 0 Å². The molecule has 6 nitrogen and oxygen atoms in total. The van der Waals surface area contributed by atoms with Crippen LogP contribution in [0.1, 0.15) is 12.0 Å². The summed E-state index contributed by atoms with van der Waals surface area (Å²) in [5.41, 5.74) is 1.08. The number of nitriles is 1. The van der Waals surface area contributed by atoms with Gasteiger partial charge in [-0.15, -0.1) is 11.3 Å². The van der Waals surface area contributed by atoms with E-state index in [1.807, 2.05) is 6.07 Å². The first-order valence-corrected chi connectivity index (χ1v) is 7.11. The molecule has 2 aromatic rings. The number of thiazole rings is 1. The van der Waals surface area contributed by atoms with Gasteiger partial charge in [-0.1, -0.05) is 11.8 Å². The molecule has 0 spiro atoms. The van der Waals surface area contributed by atoms with Crippen molar-refractivity contribution in [3.63, 3.8) is 0 Å². The second kappa shape index (κ2) is 5.90. The summed E-state index contributed by atoms with van der Waals surface area (Å²) >= 11 is 2.18. The standard InChI is InChI=1S/C12H8N2O4S2/c13-5-6-1-2-8-7(3-6)14-12(19-8)20-9(11(17)18)4-10(15)16/h1-3,9H,4H2,(H,15,16)(H,17,18). The molecule has 1 unspecified atom stereocenters. The van der Waals surface area contributed by atoms with Crippen LogP contribution in [0, 0.1) is 11.3 Å². The number of carboxylic acid groups (broad SMARTS) is 2. The maximum atomic E-state index is 11.0. The number of nitrogens with zero attached hydrogens (tertiary/aromatic N) is 2. The molecule has 1 aromatic heterocycles. The van der Waals surface area contributed by atoms with Gasteiger partial charge >= 0.3 is 11.9 Å². The number of carboxylic acids is 2. The summed E-state index contributed by atoms with van der Waals surface area (Å²) in [6.07, 6.45) is -0.473. The Kier molecular flexibility index (Phi) is 4.22. The van der Waals surface area contributed by atoms with Crippen LogP contribution in [0.15, 0.2) is 22.5 Å². The zero-order valence-corrected chi connectivity index (χ0v) is 11.6. The van der Waals surface area contributed by atoms with Crippen LogP contribution in [0.4, 0.5) is 0 Å². The van der Waals surface area contributed by atoms with E-state index in [9.17, 15) is 9.59 Å². The molecule has 1 aromatic carbocycles. The largest absolute Gasteiger partial charge is 0.481 e. The summed E-state index contributed by atoms with van der Waals surface area (Å²) in [5.74, 6) is -2.35. The van der Waals surface area contributed by atoms with Crippen molar-refractivity contribution in [1.82, 2.24) is 4.98 Å². The number of rotatable bonds is 5. The number of fused-ring (bicyclic) bond motifs is 1. The van der Waals surface area contributed by atoms with E-state index >= 15 is 0 Å². The molecule has 0 saturated heterocycles. The molecular weight excluding hydrogens is 300 g/mol. The molecule has 2 N–H and O–H groups in total. The summed E-state index contributed by atoms with van der Waals surface area (Å²) in [5, 5.41) is 25.4. The van der Waals surface area contributed by atoms with E-state index in [1.54, 1.807) is 18.2 Å². The molecule has 2 rings (SSSR count). The minimum atomic E-state index is -1.19. The Morgan fingerprint density at radius 3 is 2.80 bits per heavy atom. The third-order valence-electron chi connectivity index (χ3n) is 2.38. The highest BCUT2D eigenvalue weighted by Crippen LogP contribution is 2.33. The fourth-order valence-corrected chi connectivity index (χ4v) is 3.69. The predicted molar refractivity (Wildman–Crippen MR) is 73.9 cm³/mol. The number of aromatic nitrogens is 1. The third kappa shape index (κ3) is 3.26. The highest BCUT2D eigenvalue weighted by atomic mass is 32.2. The van der Waals surface area contributed by atoms with Crippen LogP contribution < -0.4 is 0 Å². The molecule has 0 saturated carbocycles. The Morgan fingerprint density at radius 1 is 1.45 bits per heavy atom. The average molecular weight is 308 g/mol. The summed E-state index contributed by atoms with van der Waals surface area (Å²) in [7, 11) is 0. The number of benzene rings is 1. The highest BCUT2D eigenvalue weighted by Gasteiger charge is 2.24. The summed E-state index contributed by atoms with van der Waals surface area (Å²) < 4.78 is 1.30. The maximum absolute atomic E-state index is 11.0. The molecule has 0 amide bonds. The van der Waals surface area contributed by atoms with Crippen molar-refractivity contribution in [2.24, 2.45) is 0 Å².